The first-order valence-electron chi connectivity index (χ1n) is 13.5. The number of fused-ring (bicyclic) bond motifs is 2. The minimum Gasteiger partial charge on any atom is -0.352 e. The number of aryl methyl sites for hydroxylation is 1. The molecular weight excluding hydrogens is 579 g/mol. The molecule has 2 saturated heterocycles. The van der Waals surface area contributed by atoms with Gasteiger partial charge in [0.2, 0.25) is 5.91 Å². The summed E-state index contributed by atoms with van der Waals surface area (Å²) in [6, 6.07) is 2.20. The van der Waals surface area contributed by atoms with Gasteiger partial charge in [-0.3, -0.25) is 14.2 Å². The Morgan fingerprint density at radius 1 is 1.10 bits per heavy atom. The maximum Gasteiger partial charge on any atom is 0.417 e. The first kappa shape index (κ1) is 28.4. The van der Waals surface area contributed by atoms with E-state index in [1.807, 2.05) is 0 Å². The van der Waals surface area contributed by atoms with Gasteiger partial charge in [0, 0.05) is 60.0 Å². The van der Waals surface area contributed by atoms with Crippen molar-refractivity contribution in [2.24, 2.45) is 0 Å². The van der Waals surface area contributed by atoms with Crippen LogP contribution in [0.15, 0.2) is 46.1 Å². The number of carbonyl (C=O) groups excluding carboxylic acids is 2. The standard InChI is InChI=1S/C29H25F5N4O3S/c1-2-4-23(40)38-16-10-18(39)11-17(38)14-36(13-16)27-20-12-21(29(32,33)34)24(19-6-5-15(30)9-22(19)31)26-25(20)37(28(41)35-27)7-3-8-42-26/h2,4-6,9,12,16-17H,3,7-8,10-11,13-14H2,1H3/b4-2+. The van der Waals surface area contributed by atoms with E-state index in [0.717, 1.165) is 30.0 Å². The number of hydrogen-bond acceptors (Lipinski definition) is 6. The second-order valence-corrected chi connectivity index (χ2v) is 11.7. The van der Waals surface area contributed by atoms with Gasteiger partial charge < -0.3 is 9.80 Å². The maximum atomic E-state index is 15.0. The third-order valence-electron chi connectivity index (χ3n) is 7.92. The predicted octanol–water partition coefficient (Wildman–Crippen LogP) is 5.18. The largest absolute Gasteiger partial charge is 0.417 e. The highest BCUT2D eigenvalue weighted by molar-refractivity contribution is 7.99. The lowest BCUT2D eigenvalue weighted by Gasteiger charge is -2.49. The van der Waals surface area contributed by atoms with Crippen LogP contribution < -0.4 is 10.6 Å². The molecule has 13 heteroatoms. The van der Waals surface area contributed by atoms with Crippen molar-refractivity contribution >= 4 is 40.2 Å². The monoisotopic (exact) mass is 604 g/mol. The van der Waals surface area contributed by atoms with Crippen molar-refractivity contribution in [3.05, 3.63) is 64.1 Å². The number of amides is 1. The van der Waals surface area contributed by atoms with Crippen molar-refractivity contribution in [3.63, 3.8) is 0 Å². The van der Waals surface area contributed by atoms with E-state index in [9.17, 15) is 31.9 Å². The first-order chi connectivity index (χ1) is 20.0. The number of nitrogens with zero attached hydrogens (tertiary/aromatic N) is 4. The number of piperidine rings is 1. The molecule has 42 heavy (non-hydrogen) atoms. The third kappa shape index (κ3) is 4.77. The van der Waals surface area contributed by atoms with Crippen molar-refractivity contribution in [1.82, 2.24) is 14.5 Å². The number of ketones is 1. The fourth-order valence-electron chi connectivity index (χ4n) is 6.32. The van der Waals surface area contributed by atoms with E-state index in [0.29, 0.717) is 18.2 Å². The zero-order valence-corrected chi connectivity index (χ0v) is 23.2. The topological polar surface area (TPSA) is 75.5 Å². The predicted molar refractivity (Wildman–Crippen MR) is 147 cm³/mol. The number of alkyl halides is 3. The second-order valence-electron chi connectivity index (χ2n) is 10.6. The lowest BCUT2D eigenvalue weighted by molar-refractivity contribution is -0.139. The molecule has 0 saturated carbocycles. The van der Waals surface area contributed by atoms with Crippen LogP contribution in [0, 0.1) is 11.6 Å². The van der Waals surface area contributed by atoms with Gasteiger partial charge in [-0.25, -0.2) is 13.6 Å². The van der Waals surface area contributed by atoms with Crippen molar-refractivity contribution in [2.45, 2.75) is 55.9 Å². The maximum absolute atomic E-state index is 15.0. The number of carbonyl (C=O) groups is 2. The van der Waals surface area contributed by atoms with Crippen molar-refractivity contribution in [2.75, 3.05) is 23.7 Å². The summed E-state index contributed by atoms with van der Waals surface area (Å²) < 4.78 is 74.2. The molecule has 0 radical (unpaired) electrons. The van der Waals surface area contributed by atoms with E-state index in [2.05, 4.69) is 4.98 Å². The average molecular weight is 605 g/mol. The first-order valence-corrected chi connectivity index (χ1v) is 14.4. The molecule has 6 rings (SSSR count). The van der Waals surface area contributed by atoms with Crippen LogP contribution in [0.3, 0.4) is 0 Å². The molecule has 3 aliphatic rings. The Morgan fingerprint density at radius 3 is 2.45 bits per heavy atom. The van der Waals surface area contributed by atoms with Crippen LogP contribution in [0.4, 0.5) is 27.8 Å². The number of benzene rings is 2. The molecule has 2 aromatic carbocycles. The van der Waals surface area contributed by atoms with Gasteiger partial charge in [0.05, 0.1) is 23.2 Å². The van der Waals surface area contributed by atoms with Gasteiger partial charge in [-0.05, 0) is 43.4 Å². The van der Waals surface area contributed by atoms with E-state index >= 15 is 4.39 Å². The average Bonchev–Trinajstić information content (AvgIpc) is 3.13. The summed E-state index contributed by atoms with van der Waals surface area (Å²) in [6.45, 7) is 2.09. The number of anilines is 1. The third-order valence-corrected chi connectivity index (χ3v) is 9.09. The number of piperazine rings is 1. The van der Waals surface area contributed by atoms with Crippen LogP contribution in [0.25, 0.3) is 22.0 Å². The van der Waals surface area contributed by atoms with Gasteiger partial charge >= 0.3 is 11.9 Å². The zero-order chi connectivity index (χ0) is 29.9. The number of hydrogen-bond donors (Lipinski definition) is 0. The van der Waals surface area contributed by atoms with Gasteiger partial charge in [0.1, 0.15) is 23.2 Å². The Hall–Kier alpha value is -3.74. The summed E-state index contributed by atoms with van der Waals surface area (Å²) >= 11 is 1.09. The molecule has 2 atom stereocenters. The molecule has 1 aromatic heterocycles. The summed E-state index contributed by atoms with van der Waals surface area (Å²) in [4.78, 5) is 46.3. The molecule has 1 amide bonds. The summed E-state index contributed by atoms with van der Waals surface area (Å²) in [5.41, 5.74) is -2.46. The van der Waals surface area contributed by atoms with E-state index in [4.69, 9.17) is 0 Å². The molecule has 7 nitrogen and oxygen atoms in total. The van der Waals surface area contributed by atoms with Crippen LogP contribution in [-0.2, 0) is 22.3 Å². The van der Waals surface area contributed by atoms with Gasteiger partial charge in [0.15, 0.2) is 0 Å². The molecular formula is C29H25F5N4O3S. The lowest BCUT2D eigenvalue weighted by Crippen LogP contribution is -2.64. The number of halogens is 5. The Bertz CT molecular complexity index is 1700. The zero-order valence-electron chi connectivity index (χ0n) is 22.4. The van der Waals surface area contributed by atoms with Gasteiger partial charge in [-0.1, -0.05) is 6.08 Å². The SMILES string of the molecule is C/C=C/C(=O)N1C2CC(=O)CC1CN(c1nc(=O)n3c4c(c(-c5ccc(F)cc5F)c(C(F)(F)F)cc14)SCCC3)C2. The molecule has 0 spiro atoms. The Kier molecular flexibility index (Phi) is 7.11. The minimum atomic E-state index is -4.92. The van der Waals surface area contributed by atoms with Crippen LogP contribution in [0.5, 0.6) is 0 Å². The number of aromatic nitrogens is 2. The fraction of sp³-hybridized carbons (Fsp3) is 0.379. The van der Waals surface area contributed by atoms with Crippen molar-refractivity contribution in [3.8, 4) is 11.1 Å². The molecule has 3 aromatic rings. The van der Waals surface area contributed by atoms with E-state index in [1.54, 1.807) is 22.8 Å². The molecule has 2 unspecified atom stereocenters. The summed E-state index contributed by atoms with van der Waals surface area (Å²) in [7, 11) is 0. The smallest absolute Gasteiger partial charge is 0.352 e. The van der Waals surface area contributed by atoms with Crippen LogP contribution in [-0.4, -0.2) is 57.1 Å². The highest BCUT2D eigenvalue weighted by Gasteiger charge is 2.44. The normalized spacial score (nSPS) is 20.9. The van der Waals surface area contributed by atoms with Crippen LogP contribution in [0.1, 0.15) is 31.7 Å². The van der Waals surface area contributed by atoms with Crippen LogP contribution in [0.2, 0.25) is 0 Å². The Balaban J connectivity index is 1.60. The lowest BCUT2D eigenvalue weighted by atomic mass is 9.89. The van der Waals surface area contributed by atoms with E-state index in [1.165, 1.54) is 10.6 Å². The van der Waals surface area contributed by atoms with Crippen molar-refractivity contribution in [1.29, 1.82) is 0 Å². The second kappa shape index (κ2) is 10.5. The number of thioether (sulfide) groups is 1. The molecule has 2 fully saturated rings. The van der Waals surface area contributed by atoms with Gasteiger partial charge in [-0.2, -0.15) is 18.2 Å². The minimum absolute atomic E-state index is 0.0164. The Morgan fingerprint density at radius 2 is 1.81 bits per heavy atom. The highest BCUT2D eigenvalue weighted by atomic mass is 32.2. The molecule has 0 aliphatic carbocycles. The molecule has 0 N–H and O–H groups in total. The highest BCUT2D eigenvalue weighted by Crippen LogP contribution is 2.49. The van der Waals surface area contributed by atoms with Crippen LogP contribution >= 0.6 is 11.8 Å². The fourth-order valence-corrected chi connectivity index (χ4v) is 7.51. The number of rotatable bonds is 3. The van der Waals surface area contributed by atoms with Gasteiger partial charge in [-0.15, -0.1) is 11.8 Å². The van der Waals surface area contributed by atoms with Crippen molar-refractivity contribution < 1.29 is 31.5 Å². The summed E-state index contributed by atoms with van der Waals surface area (Å²) in [5, 5.41) is 0.0650. The van der Waals surface area contributed by atoms with E-state index < -0.39 is 52.3 Å². The quantitative estimate of drug-likeness (QED) is 0.303. The number of Topliss-reactive ketones (excluding diaryl/α,β-unsaturated/α-hetero) is 1. The molecule has 220 valence electrons. The summed E-state index contributed by atoms with van der Waals surface area (Å²) in [5.74, 6) is -1.97. The number of allylic oxidation sites excluding steroid dienone is 1. The summed E-state index contributed by atoms with van der Waals surface area (Å²) in [6.07, 6.45) is -1.30. The van der Waals surface area contributed by atoms with Gasteiger partial charge in [0.25, 0.3) is 0 Å². The Labute approximate surface area is 241 Å². The molecule has 4 heterocycles. The molecule has 3 aliphatic heterocycles. The van der Waals surface area contributed by atoms with E-state index in [-0.39, 0.29) is 65.8 Å². The molecule has 2 bridgehead atoms.